The Morgan fingerprint density at radius 2 is 1.75 bits per heavy atom. The van der Waals surface area contributed by atoms with E-state index in [1.807, 2.05) is 0 Å². The Morgan fingerprint density at radius 3 is 2.40 bits per heavy atom. The summed E-state index contributed by atoms with van der Waals surface area (Å²) >= 11 is 0. The second-order valence-electron chi connectivity index (χ2n) is 6.88. The molecule has 1 N–H and O–H groups in total. The van der Waals surface area contributed by atoms with E-state index in [-0.39, 0.29) is 0 Å². The zero-order chi connectivity index (χ0) is 14.6. The van der Waals surface area contributed by atoms with Crippen LogP contribution in [0.4, 0.5) is 0 Å². The van der Waals surface area contributed by atoms with Crippen LogP contribution in [0.1, 0.15) is 52.4 Å². The average Bonchev–Trinajstić information content (AvgIpc) is 2.89. The summed E-state index contributed by atoms with van der Waals surface area (Å²) in [6, 6.07) is 0.563. The molecule has 118 valence electrons. The first-order valence-corrected chi connectivity index (χ1v) is 9.83. The summed E-state index contributed by atoms with van der Waals surface area (Å²) in [5.41, 5.74) is 0. The number of sulfonamides is 1. The normalized spacial score (nSPS) is 26.4. The van der Waals surface area contributed by atoms with Crippen LogP contribution in [-0.2, 0) is 10.0 Å². The Balaban J connectivity index is 1.75. The van der Waals surface area contributed by atoms with Crippen LogP contribution in [0.3, 0.4) is 0 Å². The number of likely N-dealkylation sites (tertiary alicyclic amines) is 1. The maximum Gasteiger partial charge on any atom is 0.211 e. The second kappa shape index (κ2) is 7.23. The van der Waals surface area contributed by atoms with Gasteiger partial charge < -0.3 is 4.90 Å². The first-order chi connectivity index (χ1) is 9.46. The van der Waals surface area contributed by atoms with Gasteiger partial charge >= 0.3 is 0 Å². The summed E-state index contributed by atoms with van der Waals surface area (Å²) in [6.45, 7) is 7.24. The van der Waals surface area contributed by atoms with Gasteiger partial charge in [0, 0.05) is 19.1 Å². The van der Waals surface area contributed by atoms with Gasteiger partial charge in [0.1, 0.15) is 0 Å². The third kappa shape index (κ3) is 5.01. The Hall–Kier alpha value is -0.130. The Labute approximate surface area is 124 Å². The molecule has 2 aliphatic rings. The standard InChI is InChI=1S/C15H30N2O2S/c1-13(2)17-9-5-8-15(11-17)10-16-20(18,19)12-14-6-3-4-7-14/h13-16H,3-12H2,1-2H3. The van der Waals surface area contributed by atoms with Crippen molar-refractivity contribution in [2.45, 2.75) is 58.4 Å². The lowest BCUT2D eigenvalue weighted by molar-refractivity contribution is 0.141. The molecule has 1 saturated heterocycles. The molecule has 0 radical (unpaired) electrons. The smallest absolute Gasteiger partial charge is 0.211 e. The molecule has 1 unspecified atom stereocenters. The summed E-state index contributed by atoms with van der Waals surface area (Å²) in [5, 5.41) is 0. The van der Waals surface area contributed by atoms with Gasteiger partial charge in [-0.3, -0.25) is 0 Å². The van der Waals surface area contributed by atoms with Crippen molar-refractivity contribution in [3.05, 3.63) is 0 Å². The lowest BCUT2D eigenvalue weighted by atomic mass is 9.97. The van der Waals surface area contributed by atoms with Gasteiger partial charge in [0.25, 0.3) is 0 Å². The number of rotatable bonds is 6. The minimum atomic E-state index is -3.07. The molecule has 0 aromatic heterocycles. The van der Waals surface area contributed by atoms with E-state index in [2.05, 4.69) is 23.5 Å². The van der Waals surface area contributed by atoms with E-state index < -0.39 is 10.0 Å². The Morgan fingerprint density at radius 1 is 1.10 bits per heavy atom. The highest BCUT2D eigenvalue weighted by Crippen LogP contribution is 2.26. The van der Waals surface area contributed by atoms with Gasteiger partial charge in [0.2, 0.25) is 10.0 Å². The maximum atomic E-state index is 12.1. The van der Waals surface area contributed by atoms with E-state index in [9.17, 15) is 8.42 Å². The van der Waals surface area contributed by atoms with Crippen LogP contribution in [0, 0.1) is 11.8 Å². The van der Waals surface area contributed by atoms with Gasteiger partial charge in [-0.2, -0.15) is 0 Å². The summed E-state index contributed by atoms with van der Waals surface area (Å²) in [4.78, 5) is 2.46. The molecule has 1 aliphatic heterocycles. The van der Waals surface area contributed by atoms with E-state index >= 15 is 0 Å². The number of nitrogens with one attached hydrogen (secondary N) is 1. The van der Waals surface area contributed by atoms with Gasteiger partial charge in [-0.15, -0.1) is 0 Å². The van der Waals surface area contributed by atoms with Gasteiger partial charge in [-0.25, -0.2) is 13.1 Å². The van der Waals surface area contributed by atoms with Crippen LogP contribution in [0.2, 0.25) is 0 Å². The molecule has 0 aromatic carbocycles. The fourth-order valence-electron chi connectivity index (χ4n) is 3.52. The first-order valence-electron chi connectivity index (χ1n) is 8.17. The van der Waals surface area contributed by atoms with E-state index in [0.717, 1.165) is 32.4 Å². The monoisotopic (exact) mass is 302 g/mol. The van der Waals surface area contributed by atoms with E-state index in [1.165, 1.54) is 19.3 Å². The number of hydrogen-bond acceptors (Lipinski definition) is 3. The third-order valence-electron chi connectivity index (χ3n) is 4.80. The van der Waals surface area contributed by atoms with Crippen molar-refractivity contribution in [1.29, 1.82) is 0 Å². The molecule has 4 nitrogen and oxygen atoms in total. The zero-order valence-electron chi connectivity index (χ0n) is 13.0. The fraction of sp³-hybridized carbons (Fsp3) is 1.00. The topological polar surface area (TPSA) is 49.4 Å². The van der Waals surface area contributed by atoms with Crippen LogP contribution in [0.25, 0.3) is 0 Å². The largest absolute Gasteiger partial charge is 0.301 e. The van der Waals surface area contributed by atoms with Crippen molar-refractivity contribution in [3.63, 3.8) is 0 Å². The molecule has 5 heteroatoms. The molecule has 0 aromatic rings. The highest BCUT2D eigenvalue weighted by atomic mass is 32.2. The number of hydrogen-bond donors (Lipinski definition) is 1. The van der Waals surface area contributed by atoms with Crippen LogP contribution in [-0.4, -0.2) is 44.7 Å². The summed E-state index contributed by atoms with van der Waals surface area (Å²) in [6.07, 6.45) is 6.91. The summed E-state index contributed by atoms with van der Waals surface area (Å²) in [5.74, 6) is 1.21. The molecular formula is C15H30N2O2S. The SMILES string of the molecule is CC(C)N1CCCC(CNS(=O)(=O)CC2CCCC2)C1. The molecule has 2 fully saturated rings. The molecule has 0 bridgehead atoms. The van der Waals surface area contributed by atoms with Crippen molar-refractivity contribution in [1.82, 2.24) is 9.62 Å². The maximum absolute atomic E-state index is 12.1. The molecule has 2 rings (SSSR count). The Kier molecular flexibility index (Phi) is 5.87. The van der Waals surface area contributed by atoms with Crippen LogP contribution in [0.15, 0.2) is 0 Å². The molecule has 20 heavy (non-hydrogen) atoms. The highest BCUT2D eigenvalue weighted by molar-refractivity contribution is 7.89. The van der Waals surface area contributed by atoms with Gasteiger partial charge in [-0.1, -0.05) is 12.8 Å². The van der Waals surface area contributed by atoms with Gasteiger partial charge in [0.05, 0.1) is 5.75 Å². The first kappa shape index (κ1) is 16.2. The van der Waals surface area contributed by atoms with E-state index in [0.29, 0.717) is 30.2 Å². The van der Waals surface area contributed by atoms with Crippen LogP contribution < -0.4 is 4.72 Å². The lowest BCUT2D eigenvalue weighted by Crippen LogP contribution is -2.44. The molecule has 1 heterocycles. The summed E-state index contributed by atoms with van der Waals surface area (Å²) < 4.78 is 27.1. The van der Waals surface area contributed by atoms with Crippen molar-refractivity contribution in [2.75, 3.05) is 25.4 Å². The minimum Gasteiger partial charge on any atom is -0.301 e. The Bertz CT molecular complexity index is 389. The predicted octanol–water partition coefficient (Wildman–Crippen LogP) is 2.22. The fourth-order valence-corrected chi connectivity index (χ4v) is 5.09. The van der Waals surface area contributed by atoms with E-state index in [4.69, 9.17) is 0 Å². The van der Waals surface area contributed by atoms with Crippen molar-refractivity contribution in [3.8, 4) is 0 Å². The van der Waals surface area contributed by atoms with Crippen LogP contribution >= 0.6 is 0 Å². The summed E-state index contributed by atoms with van der Waals surface area (Å²) in [7, 11) is -3.07. The minimum absolute atomic E-state index is 0.341. The highest BCUT2D eigenvalue weighted by Gasteiger charge is 2.25. The van der Waals surface area contributed by atoms with Gasteiger partial charge in [0.15, 0.2) is 0 Å². The molecule has 1 aliphatic carbocycles. The van der Waals surface area contributed by atoms with Crippen LogP contribution in [0.5, 0.6) is 0 Å². The second-order valence-corrected chi connectivity index (χ2v) is 8.73. The molecule has 1 atom stereocenters. The van der Waals surface area contributed by atoms with E-state index in [1.54, 1.807) is 0 Å². The number of nitrogens with zero attached hydrogens (tertiary/aromatic N) is 1. The molecule has 1 saturated carbocycles. The van der Waals surface area contributed by atoms with Crippen molar-refractivity contribution < 1.29 is 8.42 Å². The predicted molar refractivity (Wildman–Crippen MR) is 83.2 cm³/mol. The third-order valence-corrected chi connectivity index (χ3v) is 6.32. The molecule has 0 amide bonds. The molecular weight excluding hydrogens is 272 g/mol. The average molecular weight is 302 g/mol. The van der Waals surface area contributed by atoms with Crippen molar-refractivity contribution >= 4 is 10.0 Å². The zero-order valence-corrected chi connectivity index (χ0v) is 13.8. The lowest BCUT2D eigenvalue weighted by Gasteiger charge is -2.35. The quantitative estimate of drug-likeness (QED) is 0.818. The van der Waals surface area contributed by atoms with Gasteiger partial charge in [-0.05, 0) is 57.9 Å². The molecule has 0 spiro atoms. The van der Waals surface area contributed by atoms with Crippen molar-refractivity contribution in [2.24, 2.45) is 11.8 Å². The number of piperidine rings is 1.